The first-order chi connectivity index (χ1) is 11.9. The molecule has 7 heteroatoms. The van der Waals surface area contributed by atoms with Gasteiger partial charge in [0.25, 0.3) is 5.91 Å². The molecule has 2 rings (SSSR count). The van der Waals surface area contributed by atoms with Crippen molar-refractivity contribution >= 4 is 20.0 Å². The maximum absolute atomic E-state index is 12.9. The van der Waals surface area contributed by atoms with Gasteiger partial charge in [-0.2, -0.15) is 0 Å². The number of amides is 3. The summed E-state index contributed by atoms with van der Waals surface area (Å²) < 4.78 is 5.68. The first-order valence-corrected chi connectivity index (χ1v) is 13.6. The Morgan fingerprint density at radius 1 is 1.23 bits per heavy atom. The number of urea groups is 1. The highest BCUT2D eigenvalue weighted by molar-refractivity contribution is 6.76. The van der Waals surface area contributed by atoms with E-state index in [1.165, 1.54) is 4.90 Å². The predicted octanol–water partition coefficient (Wildman–Crippen LogP) is 3.11. The maximum atomic E-state index is 12.9. The molecular weight excluding hydrogens is 346 g/mol. The van der Waals surface area contributed by atoms with Crippen molar-refractivity contribution in [3.8, 4) is 0 Å². The number of nitrogens with two attached hydrogens (primary N) is 1. The molecule has 3 amide bonds. The Morgan fingerprint density at radius 2 is 1.88 bits per heavy atom. The second kappa shape index (κ2) is 7.98. The van der Waals surface area contributed by atoms with Gasteiger partial charge in [0.15, 0.2) is 0 Å². The molecule has 2 aliphatic rings. The largest absolute Gasteiger partial charge is 0.361 e. The Hall–Kier alpha value is -0.923. The number of hydrogen-bond acceptors (Lipinski definition) is 4. The molecule has 3 atom stereocenters. The van der Waals surface area contributed by atoms with Crippen LogP contribution in [0.3, 0.4) is 0 Å². The Morgan fingerprint density at radius 3 is 2.46 bits per heavy atom. The standard InChI is InChI=1S/C19H37N3O3Si/c1-14-11-16(20)8-7-15(14)12-22-18(24)21(17(23)19(22,2)3)13-25-9-10-26(4,5)6/h14-16H,7-13,20H2,1-6H3. The van der Waals surface area contributed by atoms with E-state index >= 15 is 0 Å². The molecule has 0 spiro atoms. The average molecular weight is 384 g/mol. The number of hydrogen-bond donors (Lipinski definition) is 1. The number of nitrogens with zero attached hydrogens (tertiary/aromatic N) is 2. The van der Waals surface area contributed by atoms with Crippen LogP contribution >= 0.6 is 0 Å². The van der Waals surface area contributed by atoms with Gasteiger partial charge in [0.1, 0.15) is 12.3 Å². The van der Waals surface area contributed by atoms with Gasteiger partial charge in [-0.25, -0.2) is 9.69 Å². The zero-order valence-electron chi connectivity index (χ0n) is 17.4. The lowest BCUT2D eigenvalue weighted by molar-refractivity contribution is -0.135. The number of carbonyl (C=O) groups is 2. The quantitative estimate of drug-likeness (QED) is 0.416. The smallest absolute Gasteiger partial charge is 0.329 e. The summed E-state index contributed by atoms with van der Waals surface area (Å²) in [6.07, 6.45) is 3.00. The molecule has 2 fully saturated rings. The molecular formula is C19H37N3O3Si. The Labute approximate surface area is 159 Å². The van der Waals surface area contributed by atoms with E-state index < -0.39 is 13.6 Å². The fraction of sp³-hybridized carbons (Fsp3) is 0.895. The van der Waals surface area contributed by atoms with Crippen LogP contribution < -0.4 is 5.73 Å². The summed E-state index contributed by atoms with van der Waals surface area (Å²) in [7, 11) is -1.19. The third-order valence-corrected chi connectivity index (χ3v) is 7.63. The molecule has 0 aromatic rings. The normalized spacial score (nSPS) is 29.6. The SMILES string of the molecule is CC1CC(N)CCC1CN1C(=O)N(COCC[Si](C)(C)C)C(=O)C1(C)C. The van der Waals surface area contributed by atoms with Gasteiger partial charge in [-0.3, -0.25) is 4.79 Å². The van der Waals surface area contributed by atoms with Crippen LogP contribution in [-0.4, -0.2) is 61.3 Å². The lowest BCUT2D eigenvalue weighted by Gasteiger charge is -2.37. The van der Waals surface area contributed by atoms with Gasteiger partial charge in [0.05, 0.1) is 0 Å². The van der Waals surface area contributed by atoms with Crippen molar-refractivity contribution in [3.63, 3.8) is 0 Å². The first-order valence-electron chi connectivity index (χ1n) is 9.90. The zero-order chi connectivity index (χ0) is 19.7. The lowest BCUT2D eigenvalue weighted by Crippen LogP contribution is -2.48. The second-order valence-electron chi connectivity index (χ2n) is 9.84. The Balaban J connectivity index is 1.97. The van der Waals surface area contributed by atoms with E-state index in [0.717, 1.165) is 25.3 Å². The van der Waals surface area contributed by atoms with Gasteiger partial charge in [-0.05, 0) is 51.0 Å². The summed E-state index contributed by atoms with van der Waals surface area (Å²) in [6.45, 7) is 14.0. The summed E-state index contributed by atoms with van der Waals surface area (Å²) in [4.78, 5) is 28.7. The molecule has 0 bridgehead atoms. The van der Waals surface area contributed by atoms with Crippen molar-refractivity contribution in [3.05, 3.63) is 0 Å². The van der Waals surface area contributed by atoms with Crippen molar-refractivity contribution in [2.45, 2.75) is 77.3 Å². The zero-order valence-corrected chi connectivity index (χ0v) is 18.4. The Bertz CT molecular complexity index is 533. The molecule has 1 saturated heterocycles. The van der Waals surface area contributed by atoms with Gasteiger partial charge in [-0.1, -0.05) is 26.6 Å². The van der Waals surface area contributed by atoms with Crippen molar-refractivity contribution in [1.82, 2.24) is 9.80 Å². The fourth-order valence-corrected chi connectivity index (χ4v) is 4.63. The molecule has 0 aromatic carbocycles. The van der Waals surface area contributed by atoms with Crippen LogP contribution in [0.1, 0.15) is 40.0 Å². The monoisotopic (exact) mass is 383 g/mol. The van der Waals surface area contributed by atoms with Gasteiger partial charge in [-0.15, -0.1) is 0 Å². The molecule has 1 saturated carbocycles. The highest BCUT2D eigenvalue weighted by atomic mass is 28.3. The summed E-state index contributed by atoms with van der Waals surface area (Å²) in [5.41, 5.74) is 5.26. The first kappa shape index (κ1) is 21.4. The van der Waals surface area contributed by atoms with Crippen molar-refractivity contribution in [1.29, 1.82) is 0 Å². The van der Waals surface area contributed by atoms with Crippen molar-refractivity contribution in [2.24, 2.45) is 17.6 Å². The minimum absolute atomic E-state index is 0.0627. The average Bonchev–Trinajstić information content (AvgIpc) is 2.66. The highest BCUT2D eigenvalue weighted by Crippen LogP contribution is 2.34. The van der Waals surface area contributed by atoms with Crippen LogP contribution in [-0.2, 0) is 9.53 Å². The molecule has 1 heterocycles. The highest BCUT2D eigenvalue weighted by Gasteiger charge is 2.52. The van der Waals surface area contributed by atoms with Crippen molar-refractivity contribution in [2.75, 3.05) is 19.9 Å². The van der Waals surface area contributed by atoms with Crippen LogP contribution in [0.2, 0.25) is 25.7 Å². The number of imide groups is 1. The van der Waals surface area contributed by atoms with E-state index in [-0.39, 0.29) is 24.7 Å². The molecule has 2 N–H and O–H groups in total. The predicted molar refractivity (Wildman–Crippen MR) is 106 cm³/mol. The van der Waals surface area contributed by atoms with E-state index in [0.29, 0.717) is 25.0 Å². The minimum atomic E-state index is -1.19. The van der Waals surface area contributed by atoms with Crippen LogP contribution in [0.5, 0.6) is 0 Å². The lowest BCUT2D eigenvalue weighted by atomic mass is 9.77. The molecule has 0 aromatic heterocycles. The fourth-order valence-electron chi connectivity index (χ4n) is 3.88. The number of ether oxygens (including phenoxy) is 1. The van der Waals surface area contributed by atoms with Gasteiger partial charge in [0, 0.05) is 27.3 Å². The second-order valence-corrected chi connectivity index (χ2v) is 15.5. The van der Waals surface area contributed by atoms with E-state index in [1.54, 1.807) is 4.90 Å². The van der Waals surface area contributed by atoms with Crippen LogP contribution in [0, 0.1) is 11.8 Å². The maximum Gasteiger partial charge on any atom is 0.329 e. The third-order valence-electron chi connectivity index (χ3n) is 5.93. The molecule has 3 unspecified atom stereocenters. The van der Waals surface area contributed by atoms with Crippen LogP contribution in [0.4, 0.5) is 4.79 Å². The summed E-state index contributed by atoms with van der Waals surface area (Å²) in [5, 5.41) is 0. The summed E-state index contributed by atoms with van der Waals surface area (Å²) in [6, 6.07) is 1.08. The van der Waals surface area contributed by atoms with Gasteiger partial charge >= 0.3 is 6.03 Å². The third kappa shape index (κ3) is 4.87. The number of rotatable bonds is 7. The molecule has 26 heavy (non-hydrogen) atoms. The molecule has 150 valence electrons. The van der Waals surface area contributed by atoms with E-state index in [1.807, 2.05) is 13.8 Å². The molecule has 0 radical (unpaired) electrons. The van der Waals surface area contributed by atoms with Gasteiger partial charge in [0.2, 0.25) is 0 Å². The summed E-state index contributed by atoms with van der Waals surface area (Å²) in [5.74, 6) is 0.716. The Kier molecular flexibility index (Phi) is 6.56. The molecule has 6 nitrogen and oxygen atoms in total. The van der Waals surface area contributed by atoms with Crippen LogP contribution in [0.15, 0.2) is 0 Å². The van der Waals surface area contributed by atoms with E-state index in [9.17, 15) is 9.59 Å². The topological polar surface area (TPSA) is 75.9 Å². The minimum Gasteiger partial charge on any atom is -0.361 e. The van der Waals surface area contributed by atoms with Gasteiger partial charge < -0.3 is 15.4 Å². The van der Waals surface area contributed by atoms with Crippen LogP contribution in [0.25, 0.3) is 0 Å². The number of carbonyl (C=O) groups excluding carboxylic acids is 2. The summed E-state index contributed by atoms with van der Waals surface area (Å²) >= 11 is 0. The van der Waals surface area contributed by atoms with Crippen molar-refractivity contribution < 1.29 is 14.3 Å². The van der Waals surface area contributed by atoms with E-state index in [4.69, 9.17) is 10.5 Å². The molecule has 1 aliphatic heterocycles. The molecule has 1 aliphatic carbocycles. The van der Waals surface area contributed by atoms with E-state index in [2.05, 4.69) is 26.6 Å².